The van der Waals surface area contributed by atoms with Gasteiger partial charge < -0.3 is 24.4 Å². The third-order valence-corrected chi connectivity index (χ3v) is 4.53. The van der Waals surface area contributed by atoms with Gasteiger partial charge in [0.05, 0.1) is 19.3 Å². The number of benzene rings is 1. The fourth-order valence-electron chi connectivity index (χ4n) is 3.16. The second-order valence-corrected chi connectivity index (χ2v) is 6.61. The van der Waals surface area contributed by atoms with E-state index in [0.29, 0.717) is 37.6 Å². The third-order valence-electron chi connectivity index (χ3n) is 4.53. The quantitative estimate of drug-likeness (QED) is 0.639. The minimum atomic E-state index is -0.625. The van der Waals surface area contributed by atoms with E-state index in [1.165, 1.54) is 4.90 Å². The van der Waals surface area contributed by atoms with Gasteiger partial charge >= 0.3 is 0 Å². The molecule has 154 valence electrons. The van der Waals surface area contributed by atoms with E-state index in [9.17, 15) is 9.59 Å². The van der Waals surface area contributed by atoms with Crippen molar-refractivity contribution in [3.63, 3.8) is 0 Å². The fraction of sp³-hybridized carbons (Fsp3) is 0.381. The molecule has 2 amide bonds. The number of hydrogen-bond acceptors (Lipinski definition) is 6. The van der Waals surface area contributed by atoms with Crippen molar-refractivity contribution in [1.82, 2.24) is 15.2 Å². The summed E-state index contributed by atoms with van der Waals surface area (Å²) in [6, 6.07) is 12.0. The van der Waals surface area contributed by atoms with Crippen LogP contribution in [0.4, 0.5) is 0 Å². The number of para-hydroxylation sites is 1. The molecule has 2 unspecified atom stereocenters. The fourth-order valence-corrected chi connectivity index (χ4v) is 3.16. The molecule has 1 fully saturated rings. The topological polar surface area (TPSA) is 90.0 Å². The summed E-state index contributed by atoms with van der Waals surface area (Å²) in [7, 11) is 1.57. The van der Waals surface area contributed by atoms with Crippen molar-refractivity contribution >= 4 is 11.8 Å². The maximum absolute atomic E-state index is 12.8. The van der Waals surface area contributed by atoms with Gasteiger partial charge in [0.2, 0.25) is 5.91 Å². The molecule has 8 heteroatoms. The van der Waals surface area contributed by atoms with Crippen molar-refractivity contribution in [1.29, 1.82) is 0 Å². The molecule has 1 aromatic heterocycles. The first-order valence-electron chi connectivity index (χ1n) is 9.48. The Morgan fingerprint density at radius 2 is 1.97 bits per heavy atom. The van der Waals surface area contributed by atoms with Gasteiger partial charge in [0.1, 0.15) is 23.6 Å². The van der Waals surface area contributed by atoms with Crippen LogP contribution in [0, 0.1) is 0 Å². The van der Waals surface area contributed by atoms with Crippen molar-refractivity contribution in [3.8, 4) is 11.5 Å². The monoisotopic (exact) mass is 399 g/mol. The molecule has 0 spiro atoms. The van der Waals surface area contributed by atoms with Crippen LogP contribution >= 0.6 is 0 Å². The van der Waals surface area contributed by atoms with Crippen LogP contribution in [0.1, 0.15) is 6.42 Å². The van der Waals surface area contributed by atoms with Gasteiger partial charge in [-0.3, -0.25) is 14.6 Å². The molecule has 8 nitrogen and oxygen atoms in total. The largest absolute Gasteiger partial charge is 0.487 e. The lowest BCUT2D eigenvalue weighted by Crippen LogP contribution is -2.48. The molecule has 0 radical (unpaired) electrons. The zero-order valence-electron chi connectivity index (χ0n) is 16.3. The van der Waals surface area contributed by atoms with Gasteiger partial charge in [0.25, 0.3) is 5.91 Å². The standard InChI is InChI=1S/C21H25N3O5/c1-27-11-10-23-21(26)19-12-18(29-17-8-5-9-22-13-17)14-24(19)20(25)15-28-16-6-3-2-4-7-16/h2-9,13,18-19H,10-12,14-15H2,1H3,(H,23,26). The lowest BCUT2D eigenvalue weighted by atomic mass is 10.2. The van der Waals surface area contributed by atoms with Crippen LogP contribution in [0.15, 0.2) is 54.9 Å². The molecule has 1 saturated heterocycles. The van der Waals surface area contributed by atoms with Crippen molar-refractivity contribution in [2.45, 2.75) is 18.6 Å². The van der Waals surface area contributed by atoms with Gasteiger partial charge in [-0.15, -0.1) is 0 Å². The summed E-state index contributed by atoms with van der Waals surface area (Å²) in [5, 5.41) is 2.80. The van der Waals surface area contributed by atoms with E-state index in [-0.39, 0.29) is 24.5 Å². The lowest BCUT2D eigenvalue weighted by molar-refractivity contribution is -0.140. The number of carbonyl (C=O) groups excluding carboxylic acids is 2. The third kappa shape index (κ3) is 5.92. The number of carbonyl (C=O) groups is 2. The zero-order chi connectivity index (χ0) is 20.5. The number of rotatable bonds is 9. The smallest absolute Gasteiger partial charge is 0.261 e. The summed E-state index contributed by atoms with van der Waals surface area (Å²) >= 11 is 0. The number of hydrogen-bond donors (Lipinski definition) is 1. The van der Waals surface area contributed by atoms with Crippen molar-refractivity contribution < 1.29 is 23.8 Å². The number of amides is 2. The first-order chi connectivity index (χ1) is 14.2. The number of aromatic nitrogens is 1. The van der Waals surface area contributed by atoms with Crippen molar-refractivity contribution in [3.05, 3.63) is 54.9 Å². The number of methoxy groups -OCH3 is 1. The van der Waals surface area contributed by atoms with Crippen LogP contribution in [-0.4, -0.2) is 67.3 Å². The van der Waals surface area contributed by atoms with E-state index in [1.54, 1.807) is 43.8 Å². The van der Waals surface area contributed by atoms with Crippen molar-refractivity contribution in [2.24, 2.45) is 0 Å². The highest BCUT2D eigenvalue weighted by molar-refractivity contribution is 5.89. The number of likely N-dealkylation sites (tertiary alicyclic amines) is 1. The van der Waals surface area contributed by atoms with Crippen LogP contribution < -0.4 is 14.8 Å². The first-order valence-corrected chi connectivity index (χ1v) is 9.48. The Bertz CT molecular complexity index is 787. The van der Waals surface area contributed by atoms with Gasteiger partial charge in [-0.25, -0.2) is 0 Å². The molecule has 1 aromatic carbocycles. The zero-order valence-corrected chi connectivity index (χ0v) is 16.3. The van der Waals surface area contributed by atoms with Gasteiger partial charge in [-0.2, -0.15) is 0 Å². The van der Waals surface area contributed by atoms with Crippen LogP contribution in [0.25, 0.3) is 0 Å². The first kappa shape index (κ1) is 20.6. The summed E-state index contributed by atoms with van der Waals surface area (Å²) in [5.41, 5.74) is 0. The highest BCUT2D eigenvalue weighted by Crippen LogP contribution is 2.23. The van der Waals surface area contributed by atoms with E-state index in [0.717, 1.165) is 0 Å². The van der Waals surface area contributed by atoms with Gasteiger partial charge in [-0.05, 0) is 24.3 Å². The normalized spacial score (nSPS) is 18.3. The molecular formula is C21H25N3O5. The molecule has 2 heterocycles. The predicted octanol–water partition coefficient (Wildman–Crippen LogP) is 1.27. The van der Waals surface area contributed by atoms with E-state index >= 15 is 0 Å². The second-order valence-electron chi connectivity index (χ2n) is 6.61. The molecule has 0 bridgehead atoms. The second kappa shape index (κ2) is 10.4. The Morgan fingerprint density at radius 1 is 1.17 bits per heavy atom. The molecule has 1 aliphatic heterocycles. The summed E-state index contributed by atoms with van der Waals surface area (Å²) in [6.07, 6.45) is 3.35. The minimum Gasteiger partial charge on any atom is -0.487 e. The van der Waals surface area contributed by atoms with Crippen LogP contribution in [0.5, 0.6) is 11.5 Å². The Morgan fingerprint density at radius 3 is 2.69 bits per heavy atom. The summed E-state index contributed by atoms with van der Waals surface area (Å²) < 4.78 is 16.5. The Hall–Kier alpha value is -3.13. The van der Waals surface area contributed by atoms with Crippen molar-refractivity contribution in [2.75, 3.05) is 33.4 Å². The summed E-state index contributed by atoms with van der Waals surface area (Å²) in [6.45, 7) is 0.932. The molecule has 1 aliphatic rings. The molecule has 2 atom stereocenters. The van der Waals surface area contributed by atoms with Gasteiger partial charge in [-0.1, -0.05) is 18.2 Å². The molecule has 2 aromatic rings. The maximum atomic E-state index is 12.8. The molecule has 29 heavy (non-hydrogen) atoms. The molecule has 1 N–H and O–H groups in total. The van der Waals surface area contributed by atoms with E-state index in [4.69, 9.17) is 14.2 Å². The average molecular weight is 399 g/mol. The highest BCUT2D eigenvalue weighted by atomic mass is 16.5. The van der Waals surface area contributed by atoms with E-state index < -0.39 is 6.04 Å². The number of pyridine rings is 1. The van der Waals surface area contributed by atoms with E-state index in [1.807, 2.05) is 18.2 Å². The van der Waals surface area contributed by atoms with Crippen LogP contribution in [0.2, 0.25) is 0 Å². The molecule has 0 saturated carbocycles. The molecular weight excluding hydrogens is 374 g/mol. The Kier molecular flexibility index (Phi) is 7.40. The minimum absolute atomic E-state index is 0.147. The summed E-state index contributed by atoms with van der Waals surface area (Å²) in [4.78, 5) is 31.0. The van der Waals surface area contributed by atoms with E-state index in [2.05, 4.69) is 10.3 Å². The van der Waals surface area contributed by atoms with Gasteiger partial charge in [0.15, 0.2) is 6.61 Å². The highest BCUT2D eigenvalue weighted by Gasteiger charge is 2.40. The Balaban J connectivity index is 1.64. The average Bonchev–Trinajstić information content (AvgIpc) is 3.17. The molecule has 3 rings (SSSR count). The number of ether oxygens (including phenoxy) is 3. The van der Waals surface area contributed by atoms with Crippen LogP contribution in [-0.2, 0) is 14.3 Å². The lowest BCUT2D eigenvalue weighted by Gasteiger charge is -2.23. The SMILES string of the molecule is COCCNC(=O)C1CC(Oc2cccnc2)CN1C(=O)COc1ccccc1. The summed E-state index contributed by atoms with van der Waals surface area (Å²) in [5.74, 6) is 0.709. The van der Waals surface area contributed by atoms with Gasteiger partial charge in [0, 0.05) is 26.3 Å². The number of nitrogens with zero attached hydrogens (tertiary/aromatic N) is 2. The maximum Gasteiger partial charge on any atom is 0.261 e. The molecule has 0 aliphatic carbocycles. The van der Waals surface area contributed by atoms with Crippen LogP contribution in [0.3, 0.4) is 0 Å². The number of nitrogens with one attached hydrogen (secondary N) is 1. The predicted molar refractivity (Wildman–Crippen MR) is 106 cm³/mol. The Labute approximate surface area is 169 Å².